The normalized spacial score (nSPS) is 10.3. The van der Waals surface area contributed by atoms with Crippen molar-refractivity contribution in [3.05, 3.63) is 63.9 Å². The molecular formula is C15H13ClFNO2. The van der Waals surface area contributed by atoms with Gasteiger partial charge in [-0.1, -0.05) is 17.7 Å². The van der Waals surface area contributed by atoms with Crippen molar-refractivity contribution in [2.75, 3.05) is 5.73 Å². The minimum atomic E-state index is -0.570. The molecule has 2 aromatic carbocycles. The van der Waals surface area contributed by atoms with E-state index in [1.54, 1.807) is 18.2 Å². The SMILES string of the molecule is Cc1cc(N)cc(C(=O)OCc2c(F)cccc2Cl)c1. The highest BCUT2D eigenvalue weighted by Gasteiger charge is 2.12. The van der Waals surface area contributed by atoms with Gasteiger partial charge < -0.3 is 10.5 Å². The molecule has 0 saturated carbocycles. The summed E-state index contributed by atoms with van der Waals surface area (Å²) in [6.07, 6.45) is 0. The lowest BCUT2D eigenvalue weighted by Gasteiger charge is -2.08. The lowest BCUT2D eigenvalue weighted by atomic mass is 10.1. The Bertz CT molecular complexity index is 618. The molecule has 0 fully saturated rings. The van der Waals surface area contributed by atoms with Crippen LogP contribution in [-0.4, -0.2) is 5.97 Å². The van der Waals surface area contributed by atoms with E-state index in [9.17, 15) is 9.18 Å². The highest BCUT2D eigenvalue weighted by atomic mass is 35.5. The molecule has 5 heteroatoms. The molecule has 0 saturated heterocycles. The molecule has 20 heavy (non-hydrogen) atoms. The molecular weight excluding hydrogens is 281 g/mol. The summed E-state index contributed by atoms with van der Waals surface area (Å²) in [5, 5.41) is 0.224. The first-order valence-corrected chi connectivity index (χ1v) is 6.32. The number of hydrogen-bond donors (Lipinski definition) is 1. The van der Waals surface area contributed by atoms with Crippen molar-refractivity contribution in [2.24, 2.45) is 0 Å². The molecule has 0 bridgehead atoms. The Morgan fingerprint density at radius 3 is 2.75 bits per heavy atom. The zero-order valence-corrected chi connectivity index (χ0v) is 11.6. The van der Waals surface area contributed by atoms with E-state index in [1.807, 2.05) is 6.92 Å². The molecule has 2 rings (SSSR count). The van der Waals surface area contributed by atoms with Gasteiger partial charge in [0.25, 0.3) is 0 Å². The second kappa shape index (κ2) is 5.92. The number of benzene rings is 2. The number of carbonyl (C=O) groups excluding carboxylic acids is 1. The van der Waals surface area contributed by atoms with E-state index >= 15 is 0 Å². The van der Waals surface area contributed by atoms with Crippen molar-refractivity contribution in [1.82, 2.24) is 0 Å². The first kappa shape index (κ1) is 14.3. The van der Waals surface area contributed by atoms with Crippen molar-refractivity contribution in [2.45, 2.75) is 13.5 Å². The number of nitrogens with two attached hydrogens (primary N) is 1. The number of rotatable bonds is 3. The van der Waals surface area contributed by atoms with Crippen LogP contribution in [0.4, 0.5) is 10.1 Å². The van der Waals surface area contributed by atoms with Gasteiger partial charge in [0.1, 0.15) is 12.4 Å². The van der Waals surface area contributed by atoms with Crippen LogP contribution in [0.25, 0.3) is 0 Å². The van der Waals surface area contributed by atoms with Crippen LogP contribution in [0.1, 0.15) is 21.5 Å². The van der Waals surface area contributed by atoms with Gasteiger partial charge in [-0.15, -0.1) is 0 Å². The van der Waals surface area contributed by atoms with E-state index in [2.05, 4.69) is 0 Å². The van der Waals surface area contributed by atoms with Gasteiger partial charge in [-0.2, -0.15) is 0 Å². The third-order valence-electron chi connectivity index (χ3n) is 2.74. The van der Waals surface area contributed by atoms with E-state index in [1.165, 1.54) is 18.2 Å². The van der Waals surface area contributed by atoms with Crippen LogP contribution in [0, 0.1) is 12.7 Å². The molecule has 3 nitrogen and oxygen atoms in total. The maximum absolute atomic E-state index is 13.5. The number of nitrogen functional groups attached to an aromatic ring is 1. The smallest absolute Gasteiger partial charge is 0.338 e. The fraction of sp³-hybridized carbons (Fsp3) is 0.133. The van der Waals surface area contributed by atoms with Gasteiger partial charge >= 0.3 is 5.97 Å². The van der Waals surface area contributed by atoms with E-state index in [4.69, 9.17) is 22.1 Å². The molecule has 0 aromatic heterocycles. The quantitative estimate of drug-likeness (QED) is 0.693. The first-order valence-electron chi connectivity index (χ1n) is 5.94. The summed E-state index contributed by atoms with van der Waals surface area (Å²) in [4.78, 5) is 11.9. The zero-order chi connectivity index (χ0) is 14.7. The largest absolute Gasteiger partial charge is 0.457 e. The van der Waals surface area contributed by atoms with Crippen LogP contribution >= 0.6 is 11.6 Å². The van der Waals surface area contributed by atoms with Gasteiger partial charge in [0.15, 0.2) is 0 Å². The maximum Gasteiger partial charge on any atom is 0.338 e. The number of ether oxygens (including phenoxy) is 1. The highest BCUT2D eigenvalue weighted by Crippen LogP contribution is 2.20. The Morgan fingerprint density at radius 2 is 2.10 bits per heavy atom. The summed E-state index contributed by atoms with van der Waals surface area (Å²) >= 11 is 5.86. The molecule has 0 unspecified atom stereocenters. The Labute approximate surface area is 121 Å². The van der Waals surface area contributed by atoms with Crippen molar-refractivity contribution < 1.29 is 13.9 Å². The molecule has 0 heterocycles. The number of anilines is 1. The van der Waals surface area contributed by atoms with Crippen LogP contribution in [0.2, 0.25) is 5.02 Å². The third kappa shape index (κ3) is 3.27. The minimum Gasteiger partial charge on any atom is -0.457 e. The summed E-state index contributed by atoms with van der Waals surface area (Å²) in [5.41, 5.74) is 7.47. The van der Waals surface area contributed by atoms with Crippen LogP contribution in [0.5, 0.6) is 0 Å². The van der Waals surface area contributed by atoms with Gasteiger partial charge in [-0.05, 0) is 42.8 Å². The Balaban J connectivity index is 2.13. The van der Waals surface area contributed by atoms with E-state index < -0.39 is 11.8 Å². The molecule has 2 aromatic rings. The van der Waals surface area contributed by atoms with E-state index in [-0.39, 0.29) is 17.2 Å². The number of hydrogen-bond acceptors (Lipinski definition) is 3. The minimum absolute atomic E-state index is 0.156. The fourth-order valence-electron chi connectivity index (χ4n) is 1.82. The zero-order valence-electron chi connectivity index (χ0n) is 10.8. The lowest BCUT2D eigenvalue weighted by molar-refractivity contribution is 0.0469. The molecule has 0 spiro atoms. The van der Waals surface area contributed by atoms with Crippen molar-refractivity contribution >= 4 is 23.3 Å². The van der Waals surface area contributed by atoms with Gasteiger partial charge in [-0.25, -0.2) is 9.18 Å². The predicted molar refractivity (Wildman–Crippen MR) is 76.1 cm³/mol. The van der Waals surface area contributed by atoms with Gasteiger partial charge in [-0.3, -0.25) is 0 Å². The van der Waals surface area contributed by atoms with Gasteiger partial charge in [0, 0.05) is 11.3 Å². The summed E-state index contributed by atoms with van der Waals surface area (Å²) < 4.78 is 18.6. The van der Waals surface area contributed by atoms with Gasteiger partial charge in [0.2, 0.25) is 0 Å². The van der Waals surface area contributed by atoms with Crippen molar-refractivity contribution in [3.63, 3.8) is 0 Å². The Morgan fingerprint density at radius 1 is 1.35 bits per heavy atom. The number of halogens is 2. The molecule has 0 amide bonds. The van der Waals surface area contributed by atoms with Gasteiger partial charge in [0.05, 0.1) is 10.6 Å². The molecule has 0 aliphatic carbocycles. The van der Waals surface area contributed by atoms with E-state index in [0.29, 0.717) is 11.3 Å². The molecule has 0 aliphatic heterocycles. The number of esters is 1. The average Bonchev–Trinajstić information content (AvgIpc) is 2.36. The Kier molecular flexibility index (Phi) is 4.25. The molecule has 104 valence electrons. The topological polar surface area (TPSA) is 52.3 Å². The fourth-order valence-corrected chi connectivity index (χ4v) is 2.04. The van der Waals surface area contributed by atoms with Crippen LogP contribution in [-0.2, 0) is 11.3 Å². The molecule has 0 radical (unpaired) electrons. The first-order chi connectivity index (χ1) is 9.47. The second-order valence-corrected chi connectivity index (χ2v) is 4.82. The molecule has 2 N–H and O–H groups in total. The van der Waals surface area contributed by atoms with Crippen LogP contribution in [0.15, 0.2) is 36.4 Å². The maximum atomic E-state index is 13.5. The second-order valence-electron chi connectivity index (χ2n) is 4.41. The standard InChI is InChI=1S/C15H13ClFNO2/c1-9-5-10(7-11(18)6-9)15(19)20-8-12-13(16)3-2-4-14(12)17/h2-7H,8,18H2,1H3. The summed E-state index contributed by atoms with van der Waals surface area (Å²) in [7, 11) is 0. The Hall–Kier alpha value is -2.07. The number of carbonyl (C=O) groups is 1. The van der Waals surface area contributed by atoms with E-state index in [0.717, 1.165) is 5.56 Å². The van der Waals surface area contributed by atoms with Crippen LogP contribution < -0.4 is 5.73 Å². The van der Waals surface area contributed by atoms with Crippen molar-refractivity contribution in [3.8, 4) is 0 Å². The lowest BCUT2D eigenvalue weighted by Crippen LogP contribution is -2.07. The summed E-state index contributed by atoms with van der Waals surface area (Å²) in [6.45, 7) is 1.60. The average molecular weight is 294 g/mol. The summed E-state index contributed by atoms with van der Waals surface area (Å²) in [6, 6.07) is 9.20. The van der Waals surface area contributed by atoms with Crippen molar-refractivity contribution in [1.29, 1.82) is 0 Å². The number of aryl methyl sites for hydroxylation is 1. The summed E-state index contributed by atoms with van der Waals surface area (Å²) in [5.74, 6) is -1.08. The molecule has 0 aliphatic rings. The highest BCUT2D eigenvalue weighted by molar-refractivity contribution is 6.31. The third-order valence-corrected chi connectivity index (χ3v) is 3.10. The predicted octanol–water partition coefficient (Wildman–Crippen LogP) is 3.73. The van der Waals surface area contributed by atoms with Crippen LogP contribution in [0.3, 0.4) is 0 Å². The molecule has 0 atom stereocenters. The monoisotopic (exact) mass is 293 g/mol.